The largest absolute Gasteiger partial charge is 0.207 e. The van der Waals surface area contributed by atoms with Crippen molar-refractivity contribution >= 4 is 0 Å². The van der Waals surface area contributed by atoms with Gasteiger partial charge < -0.3 is 0 Å². The molecular formula is C12H14F2. The molecule has 2 heteroatoms. The molecule has 0 radical (unpaired) electrons. The molecule has 2 rings (SSSR count). The Hall–Kier alpha value is -0.920. The fourth-order valence-electron chi connectivity index (χ4n) is 2.20. The summed E-state index contributed by atoms with van der Waals surface area (Å²) in [5.74, 6) is -0.866. The first-order valence-electron chi connectivity index (χ1n) is 5.13. The number of hydrogen-bond donors (Lipinski definition) is 0. The van der Waals surface area contributed by atoms with Gasteiger partial charge in [0.25, 0.3) is 0 Å². The van der Waals surface area contributed by atoms with Gasteiger partial charge in [-0.3, -0.25) is 0 Å². The van der Waals surface area contributed by atoms with Gasteiger partial charge in [-0.15, -0.1) is 0 Å². The molecule has 76 valence electrons. The van der Waals surface area contributed by atoms with E-state index in [1.807, 2.05) is 0 Å². The van der Waals surface area contributed by atoms with Gasteiger partial charge in [-0.25, -0.2) is 8.78 Å². The molecule has 0 N–H and O–H groups in total. The second-order valence-corrected chi connectivity index (χ2v) is 4.15. The van der Waals surface area contributed by atoms with Crippen molar-refractivity contribution in [3.8, 4) is 0 Å². The van der Waals surface area contributed by atoms with Crippen molar-refractivity contribution in [2.24, 2.45) is 0 Å². The van der Waals surface area contributed by atoms with E-state index in [9.17, 15) is 8.78 Å². The second kappa shape index (κ2) is 3.34. The highest BCUT2D eigenvalue weighted by molar-refractivity contribution is 5.32. The van der Waals surface area contributed by atoms with Crippen LogP contribution in [0.2, 0.25) is 0 Å². The zero-order valence-electron chi connectivity index (χ0n) is 8.32. The van der Waals surface area contributed by atoms with Crippen LogP contribution < -0.4 is 0 Å². The predicted octanol–water partition coefficient (Wildman–Crippen LogP) is 3.80. The fraction of sp³-hybridized carbons (Fsp3) is 0.500. The predicted molar refractivity (Wildman–Crippen MR) is 52.2 cm³/mol. The van der Waals surface area contributed by atoms with Crippen molar-refractivity contribution in [2.75, 3.05) is 0 Å². The van der Waals surface area contributed by atoms with Crippen LogP contribution in [0.5, 0.6) is 0 Å². The van der Waals surface area contributed by atoms with E-state index in [0.717, 1.165) is 31.7 Å². The molecule has 0 nitrogen and oxygen atoms in total. The summed E-state index contributed by atoms with van der Waals surface area (Å²) >= 11 is 0. The standard InChI is InChI=1S/C12H14F2/c1-2-5-12(6-7-12)10-4-3-9(13)8-11(10)14/h3-4,8H,2,5-7H2,1H3. The van der Waals surface area contributed by atoms with E-state index >= 15 is 0 Å². The maximum absolute atomic E-state index is 13.5. The van der Waals surface area contributed by atoms with E-state index in [1.165, 1.54) is 6.07 Å². The Morgan fingerprint density at radius 3 is 2.50 bits per heavy atom. The minimum Gasteiger partial charge on any atom is -0.207 e. The normalized spacial score (nSPS) is 18.2. The van der Waals surface area contributed by atoms with E-state index in [0.29, 0.717) is 5.56 Å². The van der Waals surface area contributed by atoms with Crippen molar-refractivity contribution in [3.05, 3.63) is 35.4 Å². The van der Waals surface area contributed by atoms with E-state index < -0.39 is 5.82 Å². The first-order chi connectivity index (χ1) is 6.68. The van der Waals surface area contributed by atoms with Crippen LogP contribution >= 0.6 is 0 Å². The molecule has 0 spiro atoms. The topological polar surface area (TPSA) is 0 Å². The lowest BCUT2D eigenvalue weighted by atomic mass is 9.91. The van der Waals surface area contributed by atoms with Gasteiger partial charge in [-0.2, -0.15) is 0 Å². The average molecular weight is 196 g/mol. The van der Waals surface area contributed by atoms with E-state index in [4.69, 9.17) is 0 Å². The van der Waals surface area contributed by atoms with Gasteiger partial charge in [-0.05, 0) is 36.3 Å². The van der Waals surface area contributed by atoms with Gasteiger partial charge in [0, 0.05) is 6.07 Å². The molecule has 14 heavy (non-hydrogen) atoms. The smallest absolute Gasteiger partial charge is 0.129 e. The number of rotatable bonds is 3. The zero-order chi connectivity index (χ0) is 10.2. The average Bonchev–Trinajstić information content (AvgIpc) is 2.86. The molecule has 0 atom stereocenters. The van der Waals surface area contributed by atoms with E-state index in [1.54, 1.807) is 6.07 Å². The monoisotopic (exact) mass is 196 g/mol. The van der Waals surface area contributed by atoms with Gasteiger partial charge in [0.15, 0.2) is 0 Å². The highest BCUT2D eigenvalue weighted by Crippen LogP contribution is 2.52. The van der Waals surface area contributed by atoms with Crippen LogP contribution in [0.1, 0.15) is 38.2 Å². The summed E-state index contributed by atoms with van der Waals surface area (Å²) in [4.78, 5) is 0. The summed E-state index contributed by atoms with van der Waals surface area (Å²) in [6.45, 7) is 2.10. The van der Waals surface area contributed by atoms with Gasteiger partial charge in [0.2, 0.25) is 0 Å². The lowest BCUT2D eigenvalue weighted by molar-refractivity contribution is 0.527. The second-order valence-electron chi connectivity index (χ2n) is 4.15. The first kappa shape index (κ1) is 9.63. The van der Waals surface area contributed by atoms with Crippen LogP contribution in [0.3, 0.4) is 0 Å². The Labute approximate surface area is 82.9 Å². The van der Waals surface area contributed by atoms with Crippen molar-refractivity contribution in [1.82, 2.24) is 0 Å². The quantitative estimate of drug-likeness (QED) is 0.689. The maximum atomic E-state index is 13.5. The summed E-state index contributed by atoms with van der Waals surface area (Å²) < 4.78 is 26.2. The summed E-state index contributed by atoms with van der Waals surface area (Å²) in [6, 6.07) is 3.95. The first-order valence-corrected chi connectivity index (χ1v) is 5.13. The van der Waals surface area contributed by atoms with Crippen LogP contribution in [-0.4, -0.2) is 0 Å². The Kier molecular flexibility index (Phi) is 2.30. The van der Waals surface area contributed by atoms with Gasteiger partial charge in [0.05, 0.1) is 0 Å². The highest BCUT2D eigenvalue weighted by Gasteiger charge is 2.44. The van der Waals surface area contributed by atoms with Crippen LogP contribution in [0.15, 0.2) is 18.2 Å². The number of halogens is 2. The molecule has 1 aliphatic carbocycles. The van der Waals surface area contributed by atoms with Crippen LogP contribution in [0, 0.1) is 11.6 Å². The van der Waals surface area contributed by atoms with Crippen molar-refractivity contribution < 1.29 is 8.78 Å². The van der Waals surface area contributed by atoms with E-state index in [2.05, 4.69) is 6.92 Å². The third kappa shape index (κ3) is 1.54. The fourth-order valence-corrected chi connectivity index (χ4v) is 2.20. The summed E-state index contributed by atoms with van der Waals surface area (Å²) in [5, 5.41) is 0. The van der Waals surface area contributed by atoms with Crippen LogP contribution in [0.4, 0.5) is 8.78 Å². The number of hydrogen-bond acceptors (Lipinski definition) is 0. The van der Waals surface area contributed by atoms with Crippen LogP contribution in [-0.2, 0) is 5.41 Å². The molecule has 0 saturated heterocycles. The molecule has 0 aliphatic heterocycles. The van der Waals surface area contributed by atoms with Crippen molar-refractivity contribution in [2.45, 2.75) is 38.0 Å². The zero-order valence-corrected chi connectivity index (χ0v) is 8.32. The highest BCUT2D eigenvalue weighted by atomic mass is 19.1. The Bertz CT molecular complexity index is 340. The molecule has 0 aromatic heterocycles. The molecule has 0 heterocycles. The number of benzene rings is 1. The molecule has 1 aliphatic rings. The van der Waals surface area contributed by atoms with E-state index in [-0.39, 0.29) is 11.2 Å². The Morgan fingerprint density at radius 2 is 2.00 bits per heavy atom. The molecule has 0 amide bonds. The van der Waals surface area contributed by atoms with Gasteiger partial charge >= 0.3 is 0 Å². The molecular weight excluding hydrogens is 182 g/mol. The molecule has 1 aromatic rings. The summed E-state index contributed by atoms with van der Waals surface area (Å²) in [5.41, 5.74) is 0.743. The lowest BCUT2D eigenvalue weighted by Crippen LogP contribution is -2.08. The Balaban J connectivity index is 2.32. The lowest BCUT2D eigenvalue weighted by Gasteiger charge is -2.15. The third-order valence-corrected chi connectivity index (χ3v) is 3.08. The van der Waals surface area contributed by atoms with Gasteiger partial charge in [-0.1, -0.05) is 19.4 Å². The van der Waals surface area contributed by atoms with Crippen LogP contribution in [0.25, 0.3) is 0 Å². The minimum absolute atomic E-state index is 0.0343. The molecule has 0 bridgehead atoms. The van der Waals surface area contributed by atoms with Crippen molar-refractivity contribution in [3.63, 3.8) is 0 Å². The summed E-state index contributed by atoms with van der Waals surface area (Å²) in [7, 11) is 0. The third-order valence-electron chi connectivity index (χ3n) is 3.08. The minimum atomic E-state index is -0.487. The molecule has 1 saturated carbocycles. The molecule has 1 fully saturated rings. The maximum Gasteiger partial charge on any atom is 0.129 e. The molecule has 0 unspecified atom stereocenters. The Morgan fingerprint density at radius 1 is 1.29 bits per heavy atom. The SMILES string of the molecule is CCCC1(c2ccc(F)cc2F)CC1. The van der Waals surface area contributed by atoms with Crippen molar-refractivity contribution in [1.29, 1.82) is 0 Å². The summed E-state index contributed by atoms with van der Waals surface area (Å²) in [6.07, 6.45) is 4.15. The molecule has 1 aromatic carbocycles. The van der Waals surface area contributed by atoms with Gasteiger partial charge in [0.1, 0.15) is 11.6 Å².